The number of hydrogen-bond acceptors (Lipinski definition) is 4. The third-order valence-corrected chi connectivity index (χ3v) is 5.04. The second-order valence-corrected chi connectivity index (χ2v) is 7.47. The molecule has 0 spiro atoms. The van der Waals surface area contributed by atoms with Gasteiger partial charge >= 0.3 is 0 Å². The molecule has 0 atom stereocenters. The molecular formula is C26H24N2O3. The summed E-state index contributed by atoms with van der Waals surface area (Å²) >= 11 is 0. The molecule has 1 heterocycles. The van der Waals surface area contributed by atoms with Crippen LogP contribution in [0.1, 0.15) is 32.9 Å². The van der Waals surface area contributed by atoms with E-state index in [0.717, 1.165) is 33.8 Å². The summed E-state index contributed by atoms with van der Waals surface area (Å²) in [7, 11) is 0. The van der Waals surface area contributed by atoms with Crippen molar-refractivity contribution in [3.63, 3.8) is 0 Å². The number of rotatable bonds is 6. The summed E-state index contributed by atoms with van der Waals surface area (Å²) in [6.45, 7) is 6.21. The van der Waals surface area contributed by atoms with Crippen molar-refractivity contribution in [3.05, 3.63) is 101 Å². The molecule has 0 aliphatic rings. The van der Waals surface area contributed by atoms with Crippen LogP contribution in [-0.2, 0) is 6.61 Å². The van der Waals surface area contributed by atoms with Crippen molar-refractivity contribution in [2.45, 2.75) is 27.4 Å². The maximum atomic E-state index is 12.6. The average molecular weight is 412 g/mol. The minimum absolute atomic E-state index is 0.154. The highest BCUT2D eigenvalue weighted by atomic mass is 16.5. The number of oxazole rings is 1. The molecule has 5 heteroatoms. The van der Waals surface area contributed by atoms with Crippen molar-refractivity contribution in [2.75, 3.05) is 5.32 Å². The summed E-state index contributed by atoms with van der Waals surface area (Å²) in [5.74, 6) is 1.85. The number of aromatic nitrogens is 1. The van der Waals surface area contributed by atoms with Gasteiger partial charge in [0, 0.05) is 16.8 Å². The van der Waals surface area contributed by atoms with E-state index in [1.54, 1.807) is 12.1 Å². The van der Waals surface area contributed by atoms with E-state index in [-0.39, 0.29) is 5.91 Å². The number of carbonyl (C=O) groups is 1. The predicted molar refractivity (Wildman–Crippen MR) is 121 cm³/mol. The topological polar surface area (TPSA) is 64.4 Å². The fourth-order valence-electron chi connectivity index (χ4n) is 3.27. The van der Waals surface area contributed by atoms with Crippen molar-refractivity contribution in [1.29, 1.82) is 0 Å². The monoisotopic (exact) mass is 412 g/mol. The summed E-state index contributed by atoms with van der Waals surface area (Å²) in [4.78, 5) is 17.2. The van der Waals surface area contributed by atoms with Gasteiger partial charge in [-0.3, -0.25) is 4.79 Å². The van der Waals surface area contributed by atoms with Crippen LogP contribution in [0.4, 0.5) is 5.69 Å². The first kappa shape index (κ1) is 20.4. The van der Waals surface area contributed by atoms with Gasteiger partial charge in [0.25, 0.3) is 5.91 Å². The van der Waals surface area contributed by atoms with E-state index >= 15 is 0 Å². The zero-order valence-electron chi connectivity index (χ0n) is 17.8. The standard InChI is InChI=1S/C26H24N2O3/c1-17-9-14-23(18(2)15-17)27-25(29)20-10-12-21(13-11-20)26-28-24(19(3)31-26)16-30-22-7-5-4-6-8-22/h4-15H,16H2,1-3H3,(H,27,29). The van der Waals surface area contributed by atoms with Crippen molar-refractivity contribution in [2.24, 2.45) is 0 Å². The first-order valence-corrected chi connectivity index (χ1v) is 10.1. The van der Waals surface area contributed by atoms with Gasteiger partial charge in [-0.25, -0.2) is 4.98 Å². The SMILES string of the molecule is Cc1ccc(NC(=O)c2ccc(-c3nc(COc4ccccc4)c(C)o3)cc2)c(C)c1. The quantitative estimate of drug-likeness (QED) is 0.416. The summed E-state index contributed by atoms with van der Waals surface area (Å²) in [6.07, 6.45) is 0. The van der Waals surface area contributed by atoms with Gasteiger partial charge in [-0.1, -0.05) is 35.9 Å². The fourth-order valence-corrected chi connectivity index (χ4v) is 3.27. The number of carbonyl (C=O) groups excluding carboxylic acids is 1. The molecule has 0 unspecified atom stereocenters. The Labute approximate surface area is 181 Å². The van der Waals surface area contributed by atoms with Crippen molar-refractivity contribution in [1.82, 2.24) is 4.98 Å². The normalized spacial score (nSPS) is 10.7. The summed E-state index contributed by atoms with van der Waals surface area (Å²) < 4.78 is 11.6. The summed E-state index contributed by atoms with van der Waals surface area (Å²) in [5.41, 5.74) is 5.12. The average Bonchev–Trinajstić information content (AvgIpc) is 3.15. The van der Waals surface area contributed by atoms with Crippen LogP contribution >= 0.6 is 0 Å². The highest BCUT2D eigenvalue weighted by Gasteiger charge is 2.14. The number of para-hydroxylation sites is 1. The Balaban J connectivity index is 1.44. The predicted octanol–water partition coefficient (Wildman–Crippen LogP) is 6.10. The summed E-state index contributed by atoms with van der Waals surface area (Å²) in [6, 6.07) is 22.8. The van der Waals surface area contributed by atoms with Crippen molar-refractivity contribution >= 4 is 11.6 Å². The van der Waals surface area contributed by atoms with E-state index in [4.69, 9.17) is 9.15 Å². The number of nitrogens with one attached hydrogen (secondary N) is 1. The number of amides is 1. The van der Waals surface area contributed by atoms with Crippen molar-refractivity contribution < 1.29 is 13.9 Å². The molecule has 0 saturated heterocycles. The van der Waals surface area contributed by atoms with E-state index in [0.29, 0.717) is 23.8 Å². The first-order valence-electron chi connectivity index (χ1n) is 10.1. The van der Waals surface area contributed by atoms with Gasteiger partial charge in [0.2, 0.25) is 5.89 Å². The van der Waals surface area contributed by atoms with Gasteiger partial charge in [0.05, 0.1) is 0 Å². The highest BCUT2D eigenvalue weighted by Crippen LogP contribution is 2.24. The Morgan fingerprint density at radius 1 is 0.968 bits per heavy atom. The molecule has 1 N–H and O–H groups in total. The Hall–Kier alpha value is -3.86. The van der Waals surface area contributed by atoms with Crippen molar-refractivity contribution in [3.8, 4) is 17.2 Å². The minimum atomic E-state index is -0.154. The molecular weight excluding hydrogens is 388 g/mol. The van der Waals surface area contributed by atoms with Crippen LogP contribution in [0.5, 0.6) is 5.75 Å². The van der Waals surface area contributed by atoms with E-state index in [1.165, 1.54) is 0 Å². The largest absolute Gasteiger partial charge is 0.487 e. The maximum absolute atomic E-state index is 12.6. The van der Waals surface area contributed by atoms with Gasteiger partial charge in [-0.2, -0.15) is 0 Å². The van der Waals surface area contributed by atoms with Crippen LogP contribution in [0.2, 0.25) is 0 Å². The summed E-state index contributed by atoms with van der Waals surface area (Å²) in [5, 5.41) is 2.96. The minimum Gasteiger partial charge on any atom is -0.487 e. The van der Waals surface area contributed by atoms with Gasteiger partial charge in [0.15, 0.2) is 0 Å². The molecule has 1 amide bonds. The zero-order chi connectivity index (χ0) is 21.8. The number of benzene rings is 3. The molecule has 4 aromatic rings. The van der Waals surface area contributed by atoms with Crippen LogP contribution in [0.25, 0.3) is 11.5 Å². The third kappa shape index (κ3) is 4.83. The van der Waals surface area contributed by atoms with E-state index in [1.807, 2.05) is 81.4 Å². The van der Waals surface area contributed by atoms with E-state index < -0.39 is 0 Å². The lowest BCUT2D eigenvalue weighted by Gasteiger charge is -2.09. The molecule has 156 valence electrons. The molecule has 0 aliphatic heterocycles. The molecule has 3 aromatic carbocycles. The smallest absolute Gasteiger partial charge is 0.255 e. The lowest BCUT2D eigenvalue weighted by atomic mass is 10.1. The number of nitrogens with zero attached hydrogens (tertiary/aromatic N) is 1. The lowest BCUT2D eigenvalue weighted by Crippen LogP contribution is -2.12. The molecule has 4 rings (SSSR count). The van der Waals surface area contributed by atoms with Crippen LogP contribution in [0.3, 0.4) is 0 Å². The number of anilines is 1. The first-order chi connectivity index (χ1) is 15.0. The molecule has 0 aliphatic carbocycles. The van der Waals surface area contributed by atoms with Crippen LogP contribution in [0, 0.1) is 20.8 Å². The molecule has 0 radical (unpaired) electrons. The fraction of sp³-hybridized carbons (Fsp3) is 0.154. The third-order valence-electron chi connectivity index (χ3n) is 5.04. The number of aryl methyl sites for hydroxylation is 3. The van der Waals surface area contributed by atoms with E-state index in [2.05, 4.69) is 10.3 Å². The maximum Gasteiger partial charge on any atom is 0.255 e. The van der Waals surface area contributed by atoms with Gasteiger partial charge < -0.3 is 14.5 Å². The zero-order valence-corrected chi connectivity index (χ0v) is 17.8. The highest BCUT2D eigenvalue weighted by molar-refractivity contribution is 6.04. The van der Waals surface area contributed by atoms with Crippen LogP contribution in [0.15, 0.2) is 77.2 Å². The Morgan fingerprint density at radius 3 is 2.42 bits per heavy atom. The number of ether oxygens (including phenoxy) is 1. The second kappa shape index (κ2) is 8.88. The molecule has 0 saturated carbocycles. The molecule has 1 aromatic heterocycles. The van der Waals surface area contributed by atoms with E-state index in [9.17, 15) is 4.79 Å². The Bertz CT molecular complexity index is 1200. The second-order valence-electron chi connectivity index (χ2n) is 7.47. The molecule has 0 fully saturated rings. The van der Waals surface area contributed by atoms with Gasteiger partial charge in [-0.15, -0.1) is 0 Å². The Kier molecular flexibility index (Phi) is 5.85. The van der Waals surface area contributed by atoms with Crippen LogP contribution < -0.4 is 10.1 Å². The van der Waals surface area contributed by atoms with Gasteiger partial charge in [-0.05, 0) is 68.8 Å². The lowest BCUT2D eigenvalue weighted by molar-refractivity contribution is 0.102. The molecule has 31 heavy (non-hydrogen) atoms. The number of hydrogen-bond donors (Lipinski definition) is 1. The molecule has 5 nitrogen and oxygen atoms in total. The van der Waals surface area contributed by atoms with Crippen LogP contribution in [-0.4, -0.2) is 10.9 Å². The van der Waals surface area contributed by atoms with Gasteiger partial charge in [0.1, 0.15) is 23.8 Å². The molecule has 0 bridgehead atoms. The Morgan fingerprint density at radius 2 is 1.71 bits per heavy atom.